The molecule has 2 aromatic carbocycles. The van der Waals surface area contributed by atoms with Gasteiger partial charge in [0.15, 0.2) is 6.10 Å². The predicted octanol–water partition coefficient (Wildman–Crippen LogP) is 2.90. The van der Waals surface area contributed by atoms with Crippen molar-refractivity contribution in [3.8, 4) is 0 Å². The summed E-state index contributed by atoms with van der Waals surface area (Å²) in [6, 6.07) is 14.3. The smallest absolute Gasteiger partial charge is 0.338 e. The Morgan fingerprint density at radius 2 is 1.57 bits per heavy atom. The third kappa shape index (κ3) is 5.17. The van der Waals surface area contributed by atoms with E-state index in [2.05, 4.69) is 5.32 Å². The maximum atomic E-state index is 12.5. The molecule has 0 bridgehead atoms. The van der Waals surface area contributed by atoms with Gasteiger partial charge in [0.05, 0.1) is 10.5 Å². The number of nitrogens with zero attached hydrogens (tertiary/aromatic N) is 1. The van der Waals surface area contributed by atoms with E-state index >= 15 is 0 Å². The Kier molecular flexibility index (Phi) is 7.31. The van der Waals surface area contributed by atoms with E-state index in [0.29, 0.717) is 18.8 Å². The van der Waals surface area contributed by atoms with Crippen LogP contribution in [-0.4, -0.2) is 43.8 Å². The Hall–Kier alpha value is -2.71. The van der Waals surface area contributed by atoms with Crippen molar-refractivity contribution in [2.75, 3.05) is 18.4 Å². The first-order valence-corrected chi connectivity index (χ1v) is 10.4. The Labute approximate surface area is 165 Å². The average Bonchev–Trinajstić information content (AvgIpc) is 2.69. The summed E-state index contributed by atoms with van der Waals surface area (Å²) in [5.74, 6) is -1.16. The van der Waals surface area contributed by atoms with Crippen molar-refractivity contribution >= 4 is 27.6 Å². The van der Waals surface area contributed by atoms with Gasteiger partial charge in [-0.05, 0) is 43.3 Å². The normalized spacial score (nSPS) is 12.4. The van der Waals surface area contributed by atoms with Gasteiger partial charge < -0.3 is 10.1 Å². The van der Waals surface area contributed by atoms with Gasteiger partial charge in [0, 0.05) is 18.8 Å². The van der Waals surface area contributed by atoms with E-state index in [1.807, 2.05) is 6.07 Å². The fourth-order valence-corrected chi connectivity index (χ4v) is 3.98. The van der Waals surface area contributed by atoms with Crippen molar-refractivity contribution < 1.29 is 22.7 Å². The molecule has 0 radical (unpaired) electrons. The summed E-state index contributed by atoms with van der Waals surface area (Å²) in [5, 5.41) is 2.65. The van der Waals surface area contributed by atoms with E-state index in [0.717, 1.165) is 0 Å². The lowest BCUT2D eigenvalue weighted by atomic mass is 10.2. The van der Waals surface area contributed by atoms with Crippen molar-refractivity contribution in [2.24, 2.45) is 0 Å². The van der Waals surface area contributed by atoms with Crippen LogP contribution >= 0.6 is 0 Å². The standard InChI is InChI=1S/C20H24N2O5S/c1-4-22(5-2)28(25,26)18-13-11-16(12-14-18)20(24)27-15(3)19(23)21-17-9-7-6-8-10-17/h6-15H,4-5H2,1-3H3,(H,21,23)/t15-/m0/s1. The molecule has 0 aliphatic heterocycles. The first-order chi connectivity index (χ1) is 13.3. The summed E-state index contributed by atoms with van der Waals surface area (Å²) >= 11 is 0. The second-order valence-corrected chi connectivity index (χ2v) is 7.95. The van der Waals surface area contributed by atoms with Crippen molar-refractivity contribution in [1.29, 1.82) is 0 Å². The molecule has 0 aliphatic rings. The van der Waals surface area contributed by atoms with Gasteiger partial charge in [-0.3, -0.25) is 4.79 Å². The number of hydrogen-bond acceptors (Lipinski definition) is 5. The van der Waals surface area contributed by atoms with Gasteiger partial charge in [0.2, 0.25) is 10.0 Å². The van der Waals surface area contributed by atoms with Crippen LogP contribution in [0.25, 0.3) is 0 Å². The zero-order chi connectivity index (χ0) is 20.7. The lowest BCUT2D eigenvalue weighted by molar-refractivity contribution is -0.123. The van der Waals surface area contributed by atoms with Crippen molar-refractivity contribution in [1.82, 2.24) is 4.31 Å². The van der Waals surface area contributed by atoms with E-state index in [1.54, 1.807) is 38.1 Å². The molecule has 2 rings (SSSR count). The van der Waals surface area contributed by atoms with Crippen LogP contribution in [0.1, 0.15) is 31.1 Å². The Morgan fingerprint density at radius 3 is 2.11 bits per heavy atom. The Balaban J connectivity index is 2.03. The monoisotopic (exact) mass is 404 g/mol. The number of para-hydroxylation sites is 1. The summed E-state index contributed by atoms with van der Waals surface area (Å²) in [6.07, 6.45) is -1.01. The second-order valence-electron chi connectivity index (χ2n) is 6.02. The van der Waals surface area contributed by atoms with Crippen LogP contribution < -0.4 is 5.32 Å². The number of hydrogen-bond donors (Lipinski definition) is 1. The highest BCUT2D eigenvalue weighted by Crippen LogP contribution is 2.17. The Bertz CT molecular complexity index is 907. The molecule has 0 spiro atoms. The molecule has 1 atom stereocenters. The Morgan fingerprint density at radius 1 is 1.00 bits per heavy atom. The van der Waals surface area contributed by atoms with E-state index in [9.17, 15) is 18.0 Å². The highest BCUT2D eigenvalue weighted by molar-refractivity contribution is 7.89. The number of amides is 1. The number of sulfonamides is 1. The van der Waals surface area contributed by atoms with Crippen LogP contribution in [0.15, 0.2) is 59.5 Å². The average molecular weight is 404 g/mol. The molecule has 0 saturated carbocycles. The molecule has 8 heteroatoms. The second kappa shape index (κ2) is 9.48. The van der Waals surface area contributed by atoms with E-state index in [4.69, 9.17) is 4.74 Å². The first-order valence-electron chi connectivity index (χ1n) is 8.96. The van der Waals surface area contributed by atoms with Gasteiger partial charge in [-0.1, -0.05) is 32.0 Å². The third-order valence-electron chi connectivity index (χ3n) is 4.13. The molecule has 2 aromatic rings. The molecule has 0 fully saturated rings. The topological polar surface area (TPSA) is 92.8 Å². The highest BCUT2D eigenvalue weighted by atomic mass is 32.2. The van der Waals surface area contributed by atoms with Gasteiger partial charge in [-0.2, -0.15) is 4.31 Å². The summed E-state index contributed by atoms with van der Waals surface area (Å²) in [6.45, 7) is 5.70. The lowest BCUT2D eigenvalue weighted by Gasteiger charge is -2.18. The molecular weight excluding hydrogens is 380 g/mol. The number of ether oxygens (including phenoxy) is 1. The van der Waals surface area contributed by atoms with Gasteiger partial charge in [-0.15, -0.1) is 0 Å². The van der Waals surface area contributed by atoms with Crippen molar-refractivity contribution in [3.05, 3.63) is 60.2 Å². The van der Waals surface area contributed by atoms with Gasteiger partial charge in [-0.25, -0.2) is 13.2 Å². The molecule has 7 nitrogen and oxygen atoms in total. The molecular formula is C20H24N2O5S. The highest BCUT2D eigenvalue weighted by Gasteiger charge is 2.23. The van der Waals surface area contributed by atoms with Crippen LogP contribution in [-0.2, 0) is 19.6 Å². The number of nitrogens with one attached hydrogen (secondary N) is 1. The summed E-state index contributed by atoms with van der Waals surface area (Å²) in [4.78, 5) is 24.5. The number of carbonyl (C=O) groups is 2. The van der Waals surface area contributed by atoms with E-state index in [-0.39, 0.29) is 10.5 Å². The molecule has 0 aromatic heterocycles. The number of benzene rings is 2. The van der Waals surface area contributed by atoms with E-state index < -0.39 is 28.0 Å². The number of anilines is 1. The number of rotatable bonds is 8. The molecule has 1 amide bonds. The fraction of sp³-hybridized carbons (Fsp3) is 0.300. The molecule has 0 saturated heterocycles. The van der Waals surface area contributed by atoms with Gasteiger partial charge in [0.25, 0.3) is 5.91 Å². The van der Waals surface area contributed by atoms with Crippen LogP contribution in [0.5, 0.6) is 0 Å². The minimum Gasteiger partial charge on any atom is -0.449 e. The maximum Gasteiger partial charge on any atom is 0.338 e. The molecule has 1 N–H and O–H groups in total. The van der Waals surface area contributed by atoms with Crippen LogP contribution in [0.4, 0.5) is 5.69 Å². The molecule has 0 aliphatic carbocycles. The summed E-state index contributed by atoms with van der Waals surface area (Å²) in [7, 11) is -3.60. The van der Waals surface area contributed by atoms with Crippen molar-refractivity contribution in [3.63, 3.8) is 0 Å². The van der Waals surface area contributed by atoms with Crippen LogP contribution in [0.2, 0.25) is 0 Å². The molecule has 150 valence electrons. The largest absolute Gasteiger partial charge is 0.449 e. The molecule has 0 unspecified atom stereocenters. The first kappa shape index (κ1) is 21.6. The molecule has 0 heterocycles. The minimum atomic E-state index is -3.60. The predicted molar refractivity (Wildman–Crippen MR) is 106 cm³/mol. The summed E-state index contributed by atoms with van der Waals surface area (Å²) < 4.78 is 31.5. The van der Waals surface area contributed by atoms with Crippen LogP contribution in [0, 0.1) is 0 Å². The number of carbonyl (C=O) groups excluding carboxylic acids is 2. The fourth-order valence-electron chi connectivity index (χ4n) is 2.52. The maximum absolute atomic E-state index is 12.5. The number of esters is 1. The van der Waals surface area contributed by atoms with Gasteiger partial charge in [0.1, 0.15) is 0 Å². The quantitative estimate of drug-likeness (QED) is 0.683. The zero-order valence-corrected chi connectivity index (χ0v) is 16.9. The third-order valence-corrected chi connectivity index (χ3v) is 6.19. The SMILES string of the molecule is CCN(CC)S(=O)(=O)c1ccc(C(=O)O[C@@H](C)C(=O)Nc2ccccc2)cc1. The van der Waals surface area contributed by atoms with E-state index in [1.165, 1.54) is 35.5 Å². The minimum absolute atomic E-state index is 0.0996. The van der Waals surface area contributed by atoms with Gasteiger partial charge >= 0.3 is 5.97 Å². The summed E-state index contributed by atoms with van der Waals surface area (Å²) in [5.41, 5.74) is 0.763. The molecule has 28 heavy (non-hydrogen) atoms. The van der Waals surface area contributed by atoms with Crippen molar-refractivity contribution in [2.45, 2.75) is 31.8 Å². The lowest BCUT2D eigenvalue weighted by Crippen LogP contribution is -2.31. The zero-order valence-electron chi connectivity index (χ0n) is 16.1. The van der Waals surface area contributed by atoms with Crippen LogP contribution in [0.3, 0.4) is 0 Å².